The number of carbonyl (C=O) groups excluding carboxylic acids is 1. The van der Waals surface area contributed by atoms with Gasteiger partial charge >= 0.3 is 0 Å². The molecule has 2 aromatic rings. The Hall–Kier alpha value is -3.16. The standard InChI is InChI=1S/C21H23FN4O3/c1-2-23-21(27)18-12-14-11-17(26(28)29)7-8-19(14)25-10-9-24(13-20(18)25)16-5-3-15(22)4-6-16/h3-8,11,18,20H,2,9-10,12-13H2,1H3,(H,23,27). The second kappa shape index (κ2) is 7.69. The highest BCUT2D eigenvalue weighted by Gasteiger charge is 2.41. The van der Waals surface area contributed by atoms with Crippen LogP contribution >= 0.6 is 0 Å². The third-order valence-corrected chi connectivity index (χ3v) is 5.79. The van der Waals surface area contributed by atoms with Gasteiger partial charge in [-0.1, -0.05) is 0 Å². The number of nitrogens with zero attached hydrogens (tertiary/aromatic N) is 3. The highest BCUT2D eigenvalue weighted by Crippen LogP contribution is 2.38. The van der Waals surface area contributed by atoms with Gasteiger partial charge in [0.15, 0.2) is 0 Å². The van der Waals surface area contributed by atoms with Crippen LogP contribution in [0.25, 0.3) is 0 Å². The molecule has 2 atom stereocenters. The van der Waals surface area contributed by atoms with E-state index in [1.807, 2.05) is 6.92 Å². The highest BCUT2D eigenvalue weighted by atomic mass is 19.1. The average molecular weight is 398 g/mol. The maximum Gasteiger partial charge on any atom is 0.269 e. The smallest absolute Gasteiger partial charge is 0.269 e. The molecule has 1 N–H and O–H groups in total. The largest absolute Gasteiger partial charge is 0.368 e. The molecule has 0 radical (unpaired) electrons. The van der Waals surface area contributed by atoms with Crippen LogP contribution < -0.4 is 15.1 Å². The van der Waals surface area contributed by atoms with Crippen LogP contribution in [-0.2, 0) is 11.2 Å². The van der Waals surface area contributed by atoms with Gasteiger partial charge in [-0.25, -0.2) is 4.39 Å². The number of nitro benzene ring substituents is 1. The fourth-order valence-corrected chi connectivity index (χ4v) is 4.41. The molecule has 2 unspecified atom stereocenters. The van der Waals surface area contributed by atoms with Gasteiger partial charge in [-0.3, -0.25) is 14.9 Å². The van der Waals surface area contributed by atoms with Crippen LogP contribution in [-0.4, -0.2) is 43.1 Å². The minimum atomic E-state index is -0.403. The monoisotopic (exact) mass is 398 g/mol. The molecule has 0 spiro atoms. The Labute approximate surface area is 168 Å². The second-order valence-electron chi connectivity index (χ2n) is 7.46. The molecule has 152 valence electrons. The van der Waals surface area contributed by atoms with Crippen molar-refractivity contribution in [2.45, 2.75) is 19.4 Å². The Morgan fingerprint density at radius 3 is 2.69 bits per heavy atom. The molecule has 1 fully saturated rings. The summed E-state index contributed by atoms with van der Waals surface area (Å²) >= 11 is 0. The van der Waals surface area contributed by atoms with Gasteiger partial charge in [-0.05, 0) is 49.2 Å². The van der Waals surface area contributed by atoms with Crippen molar-refractivity contribution < 1.29 is 14.1 Å². The molecule has 0 aromatic heterocycles. The number of nitrogens with one attached hydrogen (secondary N) is 1. The number of non-ortho nitro benzene ring substituents is 1. The van der Waals surface area contributed by atoms with Crippen molar-refractivity contribution in [3.05, 3.63) is 64.0 Å². The van der Waals surface area contributed by atoms with Crippen LogP contribution in [0, 0.1) is 21.8 Å². The number of fused-ring (bicyclic) bond motifs is 3. The molecule has 2 aliphatic heterocycles. The summed E-state index contributed by atoms with van der Waals surface area (Å²) in [6.45, 7) is 4.45. The summed E-state index contributed by atoms with van der Waals surface area (Å²) in [5.74, 6) is -0.630. The van der Waals surface area contributed by atoms with Gasteiger partial charge in [-0.2, -0.15) is 0 Å². The summed E-state index contributed by atoms with van der Waals surface area (Å²) in [7, 11) is 0. The first-order chi connectivity index (χ1) is 14.0. The minimum Gasteiger partial charge on any atom is -0.368 e. The maximum absolute atomic E-state index is 13.3. The van der Waals surface area contributed by atoms with Crippen LogP contribution in [0.15, 0.2) is 42.5 Å². The molecule has 0 aliphatic carbocycles. The van der Waals surface area contributed by atoms with Gasteiger partial charge in [0.2, 0.25) is 5.91 Å². The van der Waals surface area contributed by atoms with E-state index in [-0.39, 0.29) is 29.4 Å². The maximum atomic E-state index is 13.3. The van der Waals surface area contributed by atoms with E-state index in [0.29, 0.717) is 26.1 Å². The molecule has 1 saturated heterocycles. The van der Waals surface area contributed by atoms with Crippen molar-refractivity contribution in [2.24, 2.45) is 5.92 Å². The van der Waals surface area contributed by atoms with Gasteiger partial charge in [0.05, 0.1) is 16.9 Å². The second-order valence-corrected chi connectivity index (χ2v) is 7.46. The number of nitro groups is 1. The molecule has 29 heavy (non-hydrogen) atoms. The lowest BCUT2D eigenvalue weighted by Crippen LogP contribution is -2.61. The predicted molar refractivity (Wildman–Crippen MR) is 109 cm³/mol. The van der Waals surface area contributed by atoms with Gasteiger partial charge < -0.3 is 15.1 Å². The molecule has 2 heterocycles. The summed E-state index contributed by atoms with van der Waals surface area (Å²) in [4.78, 5) is 28.0. The molecule has 0 saturated carbocycles. The fourth-order valence-electron chi connectivity index (χ4n) is 4.41. The van der Waals surface area contributed by atoms with Crippen molar-refractivity contribution in [1.82, 2.24) is 5.32 Å². The number of rotatable bonds is 4. The van der Waals surface area contributed by atoms with E-state index in [0.717, 1.165) is 23.5 Å². The molecule has 8 heteroatoms. The van der Waals surface area contributed by atoms with Crippen LogP contribution in [0.5, 0.6) is 0 Å². The van der Waals surface area contributed by atoms with Gasteiger partial charge in [0, 0.05) is 49.7 Å². The van der Waals surface area contributed by atoms with Crippen molar-refractivity contribution in [3.8, 4) is 0 Å². The predicted octanol–water partition coefficient (Wildman–Crippen LogP) is 2.74. The lowest BCUT2D eigenvalue weighted by molar-refractivity contribution is -0.384. The third-order valence-electron chi connectivity index (χ3n) is 5.79. The zero-order chi connectivity index (χ0) is 20.5. The van der Waals surface area contributed by atoms with Gasteiger partial charge in [0.25, 0.3) is 5.69 Å². The number of amides is 1. The Balaban J connectivity index is 1.67. The van der Waals surface area contributed by atoms with Crippen molar-refractivity contribution >= 4 is 23.0 Å². The van der Waals surface area contributed by atoms with E-state index in [1.54, 1.807) is 24.3 Å². The average Bonchev–Trinajstić information content (AvgIpc) is 2.73. The van der Waals surface area contributed by atoms with E-state index in [2.05, 4.69) is 15.1 Å². The summed E-state index contributed by atoms with van der Waals surface area (Å²) in [6, 6.07) is 11.2. The van der Waals surface area contributed by atoms with E-state index in [4.69, 9.17) is 0 Å². The molecule has 4 rings (SSSR count). The van der Waals surface area contributed by atoms with Crippen molar-refractivity contribution in [2.75, 3.05) is 36.0 Å². The Morgan fingerprint density at radius 2 is 2.00 bits per heavy atom. The van der Waals surface area contributed by atoms with Crippen LogP contribution in [0.1, 0.15) is 12.5 Å². The summed E-state index contributed by atoms with van der Waals surface area (Å²) in [6.07, 6.45) is 0.460. The Kier molecular flexibility index (Phi) is 5.08. The lowest BCUT2D eigenvalue weighted by Gasteiger charge is -2.49. The molecular formula is C21H23FN4O3. The normalized spacial score (nSPS) is 20.6. The van der Waals surface area contributed by atoms with Crippen LogP contribution in [0.2, 0.25) is 0 Å². The summed E-state index contributed by atoms with van der Waals surface area (Å²) in [5, 5.41) is 14.1. The van der Waals surface area contributed by atoms with E-state index in [1.165, 1.54) is 18.2 Å². The molecule has 0 bridgehead atoms. The van der Waals surface area contributed by atoms with Gasteiger partial charge in [0.1, 0.15) is 5.82 Å². The number of hydrogen-bond acceptors (Lipinski definition) is 5. The molecule has 7 nitrogen and oxygen atoms in total. The highest BCUT2D eigenvalue weighted by molar-refractivity contribution is 5.82. The topological polar surface area (TPSA) is 78.7 Å². The number of anilines is 2. The number of carbonyl (C=O) groups is 1. The fraction of sp³-hybridized carbons (Fsp3) is 0.381. The SMILES string of the molecule is CCNC(=O)C1Cc2cc([N+](=O)[O-])ccc2N2CCN(c3ccc(F)cc3)CC12. The third kappa shape index (κ3) is 3.62. The molecule has 1 amide bonds. The minimum absolute atomic E-state index is 0.0411. The summed E-state index contributed by atoms with van der Waals surface area (Å²) < 4.78 is 13.3. The van der Waals surface area contributed by atoms with E-state index in [9.17, 15) is 19.3 Å². The number of benzene rings is 2. The molecule has 2 aliphatic rings. The Morgan fingerprint density at radius 1 is 1.24 bits per heavy atom. The Bertz CT molecular complexity index is 934. The van der Waals surface area contributed by atoms with Crippen molar-refractivity contribution in [1.29, 1.82) is 0 Å². The zero-order valence-corrected chi connectivity index (χ0v) is 16.2. The van der Waals surface area contributed by atoms with Crippen LogP contribution in [0.3, 0.4) is 0 Å². The zero-order valence-electron chi connectivity index (χ0n) is 16.2. The van der Waals surface area contributed by atoms with E-state index >= 15 is 0 Å². The quantitative estimate of drug-likeness (QED) is 0.633. The lowest BCUT2D eigenvalue weighted by atomic mass is 9.83. The summed E-state index contributed by atoms with van der Waals surface area (Å²) in [5.41, 5.74) is 2.76. The first-order valence-corrected chi connectivity index (χ1v) is 9.80. The molecular weight excluding hydrogens is 375 g/mol. The van der Waals surface area contributed by atoms with Gasteiger partial charge in [-0.15, -0.1) is 0 Å². The molecule has 2 aromatic carbocycles. The van der Waals surface area contributed by atoms with Crippen LogP contribution in [0.4, 0.5) is 21.5 Å². The van der Waals surface area contributed by atoms with Crippen molar-refractivity contribution in [3.63, 3.8) is 0 Å². The van der Waals surface area contributed by atoms with E-state index < -0.39 is 4.92 Å². The number of hydrogen-bond donors (Lipinski definition) is 1. The number of piperazine rings is 1. The first kappa shape index (κ1) is 19.2. The first-order valence-electron chi connectivity index (χ1n) is 9.80. The number of halogens is 1.